The molecule has 0 aliphatic heterocycles. The zero-order valence-electron chi connectivity index (χ0n) is 11.1. The molecule has 3 rings (SSSR count). The molecule has 2 aromatic heterocycles. The third-order valence-electron chi connectivity index (χ3n) is 3.49. The summed E-state index contributed by atoms with van der Waals surface area (Å²) in [6, 6.07) is 0.133. The summed E-state index contributed by atoms with van der Waals surface area (Å²) in [5.74, 6) is 4.01. The molecule has 0 saturated heterocycles. The van der Waals surface area contributed by atoms with Crippen LogP contribution >= 0.6 is 0 Å². The second-order valence-corrected chi connectivity index (χ2v) is 5.38. The first-order chi connectivity index (χ1) is 8.66. The van der Waals surface area contributed by atoms with Crippen molar-refractivity contribution in [3.05, 3.63) is 29.9 Å². The molecule has 5 nitrogen and oxygen atoms in total. The molecule has 1 atom stereocenters. The highest BCUT2D eigenvalue weighted by atomic mass is 15.3. The second-order valence-electron chi connectivity index (χ2n) is 5.38. The van der Waals surface area contributed by atoms with Crippen LogP contribution in [0.2, 0.25) is 0 Å². The second kappa shape index (κ2) is 4.23. The Morgan fingerprint density at radius 2 is 2.11 bits per heavy atom. The van der Waals surface area contributed by atoms with Crippen LogP contribution in [0, 0.1) is 0 Å². The van der Waals surface area contributed by atoms with Crippen LogP contribution in [0.4, 0.5) is 0 Å². The first kappa shape index (κ1) is 11.4. The molecule has 1 unspecified atom stereocenters. The zero-order chi connectivity index (χ0) is 12.7. The van der Waals surface area contributed by atoms with Crippen molar-refractivity contribution in [1.82, 2.24) is 24.7 Å². The van der Waals surface area contributed by atoms with E-state index in [1.807, 2.05) is 12.4 Å². The third-order valence-corrected chi connectivity index (χ3v) is 3.49. The van der Waals surface area contributed by atoms with E-state index in [9.17, 15) is 0 Å². The first-order valence-corrected chi connectivity index (χ1v) is 6.61. The van der Waals surface area contributed by atoms with Gasteiger partial charge in [-0.05, 0) is 19.8 Å². The molecule has 5 heteroatoms. The molecule has 2 heterocycles. The topological polar surface area (TPSA) is 59.4 Å². The maximum absolute atomic E-state index is 4.61. The SMILES string of the molecule is CC(C)c1nccn1C(C)c1n[nH]c(C2CC2)n1. The van der Waals surface area contributed by atoms with Gasteiger partial charge in [0.15, 0.2) is 5.82 Å². The van der Waals surface area contributed by atoms with E-state index in [-0.39, 0.29) is 6.04 Å². The maximum Gasteiger partial charge on any atom is 0.173 e. The average Bonchev–Trinajstić information content (AvgIpc) is 2.92. The highest BCUT2D eigenvalue weighted by molar-refractivity contribution is 5.09. The van der Waals surface area contributed by atoms with Crippen LogP contribution in [0.15, 0.2) is 12.4 Å². The van der Waals surface area contributed by atoms with Gasteiger partial charge >= 0.3 is 0 Å². The van der Waals surface area contributed by atoms with Crippen LogP contribution < -0.4 is 0 Å². The highest BCUT2D eigenvalue weighted by Gasteiger charge is 2.28. The van der Waals surface area contributed by atoms with Gasteiger partial charge in [-0.25, -0.2) is 9.97 Å². The molecule has 0 bridgehead atoms. The Morgan fingerprint density at radius 1 is 1.33 bits per heavy atom. The van der Waals surface area contributed by atoms with Crippen LogP contribution in [-0.4, -0.2) is 24.7 Å². The van der Waals surface area contributed by atoms with Crippen molar-refractivity contribution in [2.75, 3.05) is 0 Å². The number of hydrogen-bond donors (Lipinski definition) is 1. The number of rotatable bonds is 4. The highest BCUT2D eigenvalue weighted by Crippen LogP contribution is 2.38. The summed E-state index contributed by atoms with van der Waals surface area (Å²) in [5, 5.41) is 7.41. The van der Waals surface area contributed by atoms with Gasteiger partial charge in [0.2, 0.25) is 0 Å². The minimum Gasteiger partial charge on any atom is -0.324 e. The van der Waals surface area contributed by atoms with Gasteiger partial charge in [-0.1, -0.05) is 13.8 Å². The minimum atomic E-state index is 0.133. The molecule has 2 aromatic rings. The van der Waals surface area contributed by atoms with E-state index in [2.05, 4.69) is 45.5 Å². The van der Waals surface area contributed by atoms with Crippen molar-refractivity contribution in [2.45, 2.75) is 51.5 Å². The lowest BCUT2D eigenvalue weighted by molar-refractivity contribution is 0.554. The van der Waals surface area contributed by atoms with Crippen LogP contribution in [0.1, 0.15) is 69.0 Å². The van der Waals surface area contributed by atoms with E-state index >= 15 is 0 Å². The number of nitrogens with one attached hydrogen (secondary N) is 1. The standard InChI is InChI=1S/C13H19N5/c1-8(2)13-14-6-7-18(13)9(3)11-15-12(17-16-11)10-4-5-10/h6-10H,4-5H2,1-3H3,(H,15,16,17). The molecule has 1 saturated carbocycles. The number of hydrogen-bond acceptors (Lipinski definition) is 3. The first-order valence-electron chi connectivity index (χ1n) is 6.61. The quantitative estimate of drug-likeness (QED) is 0.900. The van der Waals surface area contributed by atoms with Gasteiger partial charge in [0.1, 0.15) is 11.6 Å². The van der Waals surface area contributed by atoms with Crippen molar-refractivity contribution in [3.63, 3.8) is 0 Å². The van der Waals surface area contributed by atoms with Crippen molar-refractivity contribution >= 4 is 0 Å². The number of H-pyrrole nitrogens is 1. The van der Waals surface area contributed by atoms with Gasteiger partial charge in [0.05, 0.1) is 6.04 Å². The Hall–Kier alpha value is -1.65. The Morgan fingerprint density at radius 3 is 2.78 bits per heavy atom. The Kier molecular flexibility index (Phi) is 2.69. The van der Waals surface area contributed by atoms with Gasteiger partial charge in [-0.15, -0.1) is 0 Å². The van der Waals surface area contributed by atoms with Gasteiger partial charge in [-0.2, -0.15) is 5.10 Å². The molecule has 1 aliphatic rings. The van der Waals surface area contributed by atoms with Crippen LogP contribution in [0.3, 0.4) is 0 Å². The van der Waals surface area contributed by atoms with Crippen LogP contribution in [-0.2, 0) is 0 Å². The van der Waals surface area contributed by atoms with Crippen LogP contribution in [0.5, 0.6) is 0 Å². The van der Waals surface area contributed by atoms with Gasteiger partial charge in [-0.3, -0.25) is 5.10 Å². The monoisotopic (exact) mass is 245 g/mol. The van der Waals surface area contributed by atoms with E-state index in [1.54, 1.807) is 0 Å². The molecule has 18 heavy (non-hydrogen) atoms. The lowest BCUT2D eigenvalue weighted by Crippen LogP contribution is -2.12. The van der Waals surface area contributed by atoms with Crippen molar-refractivity contribution in [3.8, 4) is 0 Å². The van der Waals surface area contributed by atoms with Crippen LogP contribution in [0.25, 0.3) is 0 Å². The molecule has 1 N–H and O–H groups in total. The predicted molar refractivity (Wildman–Crippen MR) is 68.5 cm³/mol. The van der Waals surface area contributed by atoms with E-state index in [4.69, 9.17) is 0 Å². The number of imidazole rings is 1. The normalized spacial score (nSPS) is 17.3. The smallest absolute Gasteiger partial charge is 0.173 e. The summed E-state index contributed by atoms with van der Waals surface area (Å²) >= 11 is 0. The largest absolute Gasteiger partial charge is 0.324 e. The fourth-order valence-electron chi connectivity index (χ4n) is 2.24. The average molecular weight is 245 g/mol. The number of aromatic nitrogens is 5. The summed E-state index contributed by atoms with van der Waals surface area (Å²) in [5.41, 5.74) is 0. The van der Waals surface area contributed by atoms with E-state index in [0.29, 0.717) is 11.8 Å². The Labute approximate surface area is 107 Å². The lowest BCUT2D eigenvalue weighted by Gasteiger charge is -2.15. The molecule has 1 fully saturated rings. The fourth-order valence-corrected chi connectivity index (χ4v) is 2.24. The maximum atomic E-state index is 4.61. The molecule has 0 spiro atoms. The number of nitrogens with zero attached hydrogens (tertiary/aromatic N) is 4. The fraction of sp³-hybridized carbons (Fsp3) is 0.615. The third kappa shape index (κ3) is 1.94. The summed E-state index contributed by atoms with van der Waals surface area (Å²) < 4.78 is 2.16. The summed E-state index contributed by atoms with van der Waals surface area (Å²) in [7, 11) is 0. The molecular weight excluding hydrogens is 226 g/mol. The van der Waals surface area contributed by atoms with E-state index in [0.717, 1.165) is 17.5 Å². The Bertz CT molecular complexity index is 535. The molecule has 0 aromatic carbocycles. The van der Waals surface area contributed by atoms with Gasteiger partial charge in [0.25, 0.3) is 0 Å². The minimum absolute atomic E-state index is 0.133. The molecule has 1 aliphatic carbocycles. The Balaban J connectivity index is 1.87. The summed E-state index contributed by atoms with van der Waals surface area (Å²) in [4.78, 5) is 9.03. The van der Waals surface area contributed by atoms with Crippen molar-refractivity contribution < 1.29 is 0 Å². The zero-order valence-corrected chi connectivity index (χ0v) is 11.1. The molecular formula is C13H19N5. The van der Waals surface area contributed by atoms with E-state index < -0.39 is 0 Å². The predicted octanol–water partition coefficient (Wildman–Crippen LogP) is 2.61. The van der Waals surface area contributed by atoms with Crippen molar-refractivity contribution in [1.29, 1.82) is 0 Å². The molecule has 0 radical (unpaired) electrons. The summed E-state index contributed by atoms with van der Waals surface area (Å²) in [6.45, 7) is 6.42. The molecule has 96 valence electrons. The van der Waals surface area contributed by atoms with Gasteiger partial charge in [0, 0.05) is 24.2 Å². The lowest BCUT2D eigenvalue weighted by atomic mass is 10.2. The van der Waals surface area contributed by atoms with E-state index in [1.165, 1.54) is 12.8 Å². The van der Waals surface area contributed by atoms with Crippen molar-refractivity contribution in [2.24, 2.45) is 0 Å². The number of aromatic amines is 1. The summed E-state index contributed by atoms with van der Waals surface area (Å²) in [6.07, 6.45) is 6.34. The van der Waals surface area contributed by atoms with Gasteiger partial charge < -0.3 is 4.57 Å². The molecule has 0 amide bonds.